The Hall–Kier alpha value is -1.70. The second-order valence-corrected chi connectivity index (χ2v) is 7.51. The smallest absolute Gasteiger partial charge is 0.220 e. The predicted molar refractivity (Wildman–Crippen MR) is 103 cm³/mol. The monoisotopic (exact) mass is 378 g/mol. The number of aliphatic hydroxyl groups is 1. The van der Waals surface area contributed by atoms with Crippen molar-refractivity contribution < 1.29 is 5.11 Å². The molecule has 142 valence electrons. The first-order chi connectivity index (χ1) is 12.5. The average molecular weight is 379 g/mol. The van der Waals surface area contributed by atoms with Gasteiger partial charge in [0.05, 0.1) is 35.3 Å². The molecule has 4 rings (SSSR count). The van der Waals surface area contributed by atoms with E-state index in [0.29, 0.717) is 16.8 Å². The fraction of sp³-hybridized carbons (Fsp3) is 0.611. The van der Waals surface area contributed by atoms with Crippen LogP contribution >= 0.6 is 11.6 Å². The zero-order valence-corrected chi connectivity index (χ0v) is 15.9. The summed E-state index contributed by atoms with van der Waals surface area (Å²) in [5.74, 6) is 0.219. The molecule has 7 nitrogen and oxygen atoms in total. The molecule has 2 aromatic heterocycles. The van der Waals surface area contributed by atoms with E-state index in [-0.39, 0.29) is 12.1 Å². The van der Waals surface area contributed by atoms with Crippen LogP contribution in [0.15, 0.2) is 18.6 Å². The summed E-state index contributed by atoms with van der Waals surface area (Å²) in [6, 6.07) is 0.443. The largest absolute Gasteiger partial charge is 0.393 e. The molecule has 1 aliphatic carbocycles. The molecule has 8 heteroatoms. The van der Waals surface area contributed by atoms with Crippen LogP contribution < -0.4 is 5.73 Å². The van der Waals surface area contributed by atoms with Crippen molar-refractivity contribution in [2.75, 3.05) is 25.9 Å². The number of hydrogen-bond acceptors (Lipinski definition) is 6. The van der Waals surface area contributed by atoms with Gasteiger partial charge in [0, 0.05) is 11.8 Å². The van der Waals surface area contributed by atoms with Gasteiger partial charge in [-0.1, -0.05) is 24.4 Å². The molecule has 0 radical (unpaired) electrons. The zero-order valence-electron chi connectivity index (χ0n) is 15.2. The number of nitrogens with zero attached hydrogens (tertiary/aromatic N) is 5. The summed E-state index contributed by atoms with van der Waals surface area (Å²) in [6.07, 6.45) is 12.1. The molecule has 26 heavy (non-hydrogen) atoms. The molecule has 2 aromatic rings. The van der Waals surface area contributed by atoms with Crippen molar-refractivity contribution in [3.05, 3.63) is 23.6 Å². The number of halogens is 1. The van der Waals surface area contributed by atoms with Crippen LogP contribution in [0, 0.1) is 0 Å². The molecule has 0 bridgehead atoms. The van der Waals surface area contributed by atoms with Gasteiger partial charge in [0.2, 0.25) is 5.95 Å². The van der Waals surface area contributed by atoms with Gasteiger partial charge in [-0.3, -0.25) is 4.68 Å². The number of hydrogen-bond donors (Lipinski definition) is 2. The Bertz CT molecular complexity index is 707. The molecule has 0 spiro atoms. The van der Waals surface area contributed by atoms with Crippen molar-refractivity contribution in [2.45, 2.75) is 50.7 Å². The molecule has 1 saturated carbocycles. The van der Waals surface area contributed by atoms with E-state index >= 15 is 0 Å². The minimum atomic E-state index is 0.0463. The summed E-state index contributed by atoms with van der Waals surface area (Å²) in [5, 5.41) is 13.7. The molecule has 3 heterocycles. The third-order valence-electron chi connectivity index (χ3n) is 5.02. The maximum Gasteiger partial charge on any atom is 0.220 e. The Labute approximate surface area is 159 Å². The first-order valence-electron chi connectivity index (χ1n) is 9.22. The highest BCUT2D eigenvalue weighted by Crippen LogP contribution is 2.28. The summed E-state index contributed by atoms with van der Waals surface area (Å²) in [7, 11) is 2.15. The average Bonchev–Trinajstić information content (AvgIpc) is 3.30. The molecule has 0 atom stereocenters. The fourth-order valence-electron chi connectivity index (χ4n) is 3.41. The van der Waals surface area contributed by atoms with Crippen molar-refractivity contribution in [1.29, 1.82) is 0 Å². The van der Waals surface area contributed by atoms with Crippen LogP contribution in [0.25, 0.3) is 11.3 Å². The van der Waals surface area contributed by atoms with E-state index in [4.69, 9.17) is 22.4 Å². The van der Waals surface area contributed by atoms with Gasteiger partial charge in [-0.25, -0.2) is 9.97 Å². The highest BCUT2D eigenvalue weighted by Gasteiger charge is 2.19. The normalized spacial score (nSPS) is 19.3. The minimum Gasteiger partial charge on any atom is -0.393 e. The van der Waals surface area contributed by atoms with Crippen molar-refractivity contribution in [3.63, 3.8) is 0 Å². The number of anilines is 1. The molecule has 3 N–H and O–H groups in total. The predicted octanol–water partition coefficient (Wildman–Crippen LogP) is 2.76. The van der Waals surface area contributed by atoms with E-state index < -0.39 is 0 Å². The van der Waals surface area contributed by atoms with Gasteiger partial charge >= 0.3 is 0 Å². The molecular formula is C18H27ClN6O. The van der Waals surface area contributed by atoms with Crippen molar-refractivity contribution in [1.82, 2.24) is 24.6 Å². The van der Waals surface area contributed by atoms with E-state index in [0.717, 1.165) is 44.3 Å². The van der Waals surface area contributed by atoms with Crippen LogP contribution in [-0.4, -0.2) is 56.0 Å². The van der Waals surface area contributed by atoms with E-state index in [2.05, 4.69) is 27.0 Å². The van der Waals surface area contributed by atoms with Gasteiger partial charge in [-0.15, -0.1) is 0 Å². The number of piperidine rings is 1. The maximum absolute atomic E-state index is 8.73. The Kier molecular flexibility index (Phi) is 6.45. The number of aromatic nitrogens is 4. The van der Waals surface area contributed by atoms with Gasteiger partial charge in [0.25, 0.3) is 0 Å². The lowest BCUT2D eigenvalue weighted by Crippen LogP contribution is -2.31. The van der Waals surface area contributed by atoms with Crippen LogP contribution in [0.3, 0.4) is 0 Å². The van der Waals surface area contributed by atoms with Crippen molar-refractivity contribution in [3.8, 4) is 11.3 Å². The lowest BCUT2D eigenvalue weighted by Gasteiger charge is -2.28. The number of likely N-dealkylation sites (tertiary alicyclic amines) is 1. The summed E-state index contributed by atoms with van der Waals surface area (Å²) in [5.41, 5.74) is 7.13. The molecule has 2 aliphatic rings. The lowest BCUT2D eigenvalue weighted by atomic mass is 10.1. The van der Waals surface area contributed by atoms with Crippen molar-refractivity contribution >= 4 is 17.5 Å². The summed E-state index contributed by atoms with van der Waals surface area (Å²) in [6.45, 7) is 2.20. The molecular weight excluding hydrogens is 352 g/mol. The zero-order chi connectivity index (χ0) is 18.5. The highest BCUT2D eigenvalue weighted by atomic mass is 35.5. The van der Waals surface area contributed by atoms with Crippen LogP contribution in [0.4, 0.5) is 5.95 Å². The Balaban J connectivity index is 0.000000278. The van der Waals surface area contributed by atoms with Crippen LogP contribution in [-0.2, 0) is 0 Å². The van der Waals surface area contributed by atoms with Gasteiger partial charge in [-0.05, 0) is 45.8 Å². The van der Waals surface area contributed by atoms with E-state index in [1.165, 1.54) is 19.0 Å². The Morgan fingerprint density at radius 2 is 1.85 bits per heavy atom. The Morgan fingerprint density at radius 3 is 2.46 bits per heavy atom. The van der Waals surface area contributed by atoms with Gasteiger partial charge in [-0.2, -0.15) is 5.10 Å². The van der Waals surface area contributed by atoms with Crippen LogP contribution in [0.2, 0.25) is 5.02 Å². The Morgan fingerprint density at radius 1 is 1.15 bits per heavy atom. The van der Waals surface area contributed by atoms with E-state index in [9.17, 15) is 0 Å². The molecule has 0 amide bonds. The number of rotatable bonds is 2. The quantitative estimate of drug-likeness (QED) is 0.834. The minimum absolute atomic E-state index is 0.0463. The first-order valence-corrected chi connectivity index (χ1v) is 9.60. The molecule has 0 unspecified atom stereocenters. The second-order valence-electron chi connectivity index (χ2n) is 7.11. The highest BCUT2D eigenvalue weighted by molar-refractivity contribution is 6.32. The van der Waals surface area contributed by atoms with E-state index in [1.54, 1.807) is 6.20 Å². The SMILES string of the molecule is CN1CCC(n2cc(-c3nc(N)ncc3Cl)cn2)CC1.OC1CCCC1. The third kappa shape index (κ3) is 4.93. The second kappa shape index (κ2) is 8.79. The van der Waals surface area contributed by atoms with E-state index in [1.807, 2.05) is 10.9 Å². The standard InChI is InChI=1S/C13H17ClN6.C5H10O/c1-19-4-2-10(3-5-19)20-8-9(6-17-20)12-11(14)7-16-13(15)18-12;6-5-3-1-2-4-5/h6-8,10H,2-5H2,1H3,(H2,15,16,18);5-6H,1-4H2. The maximum atomic E-state index is 8.73. The molecule has 2 fully saturated rings. The van der Waals surface area contributed by atoms with Crippen LogP contribution in [0.5, 0.6) is 0 Å². The fourth-order valence-corrected chi connectivity index (χ4v) is 3.61. The van der Waals surface area contributed by atoms with Gasteiger partial charge < -0.3 is 15.7 Å². The van der Waals surface area contributed by atoms with Crippen molar-refractivity contribution in [2.24, 2.45) is 0 Å². The lowest BCUT2D eigenvalue weighted by molar-refractivity contribution is 0.183. The number of nitrogens with two attached hydrogens (primary N) is 1. The number of aliphatic hydroxyl groups excluding tert-OH is 1. The van der Waals surface area contributed by atoms with Gasteiger partial charge in [0.15, 0.2) is 0 Å². The number of nitrogen functional groups attached to an aromatic ring is 1. The third-order valence-corrected chi connectivity index (χ3v) is 5.30. The molecule has 1 aliphatic heterocycles. The van der Waals surface area contributed by atoms with Crippen LogP contribution in [0.1, 0.15) is 44.6 Å². The summed E-state index contributed by atoms with van der Waals surface area (Å²) < 4.78 is 2.01. The molecule has 1 saturated heterocycles. The van der Waals surface area contributed by atoms with Gasteiger partial charge in [0.1, 0.15) is 0 Å². The molecule has 0 aromatic carbocycles. The topological polar surface area (TPSA) is 93.1 Å². The summed E-state index contributed by atoms with van der Waals surface area (Å²) in [4.78, 5) is 10.4. The summed E-state index contributed by atoms with van der Waals surface area (Å²) >= 11 is 6.12. The first kappa shape index (κ1) is 19.1.